The number of carbonyl (C=O) groups excluding carboxylic acids is 1. The van der Waals surface area contributed by atoms with Crippen molar-refractivity contribution >= 4 is 6.03 Å². The smallest absolute Gasteiger partial charge is 0.325 e. The summed E-state index contributed by atoms with van der Waals surface area (Å²) in [4.78, 5) is 18.0. The largest absolute Gasteiger partial charge is 0.361 e. The number of benzene rings is 1. The lowest BCUT2D eigenvalue weighted by Gasteiger charge is -2.31. The van der Waals surface area contributed by atoms with E-state index in [0.717, 1.165) is 19.5 Å². The lowest BCUT2D eigenvalue weighted by molar-refractivity contribution is 0.157. The summed E-state index contributed by atoms with van der Waals surface area (Å²) in [5.74, 6) is 0. The minimum atomic E-state index is 0.102. The van der Waals surface area contributed by atoms with Gasteiger partial charge in [0.05, 0.1) is 6.67 Å². The van der Waals surface area contributed by atoms with Crippen LogP contribution in [-0.4, -0.2) is 41.0 Å². The number of hydrogen-bond donors (Lipinski definition) is 0. The van der Waals surface area contributed by atoms with Crippen LogP contribution in [-0.2, 0) is 13.0 Å². The zero-order valence-electron chi connectivity index (χ0n) is 10.5. The van der Waals surface area contributed by atoms with E-state index in [4.69, 9.17) is 0 Å². The highest BCUT2D eigenvalue weighted by Crippen LogP contribution is 2.20. The highest BCUT2D eigenvalue weighted by molar-refractivity contribution is 5.76. The third-order valence-corrected chi connectivity index (χ3v) is 3.52. The molecule has 2 aliphatic heterocycles. The van der Waals surface area contributed by atoms with Gasteiger partial charge in [-0.3, -0.25) is 4.90 Å². The molecule has 94 valence electrons. The molecular formula is C14H17N3O. The molecule has 0 N–H and O–H groups in total. The van der Waals surface area contributed by atoms with Gasteiger partial charge in [-0.2, -0.15) is 0 Å². The molecule has 18 heavy (non-hydrogen) atoms. The fourth-order valence-corrected chi connectivity index (χ4v) is 2.49. The first-order valence-corrected chi connectivity index (χ1v) is 6.25. The van der Waals surface area contributed by atoms with Crippen molar-refractivity contribution in [3.05, 3.63) is 47.8 Å². The van der Waals surface area contributed by atoms with E-state index in [1.807, 2.05) is 35.3 Å². The van der Waals surface area contributed by atoms with Gasteiger partial charge in [0.15, 0.2) is 0 Å². The minimum absolute atomic E-state index is 0.102. The molecule has 0 aromatic heterocycles. The molecule has 0 bridgehead atoms. The Morgan fingerprint density at radius 1 is 1.17 bits per heavy atom. The number of nitrogens with zero attached hydrogens (tertiary/aromatic N) is 3. The topological polar surface area (TPSA) is 26.8 Å². The Morgan fingerprint density at radius 3 is 2.67 bits per heavy atom. The third kappa shape index (κ3) is 1.94. The summed E-state index contributed by atoms with van der Waals surface area (Å²) in [6, 6.07) is 8.47. The normalized spacial score (nSPS) is 18.2. The van der Waals surface area contributed by atoms with Crippen molar-refractivity contribution < 1.29 is 4.79 Å². The molecule has 2 amide bonds. The van der Waals surface area contributed by atoms with Crippen LogP contribution < -0.4 is 0 Å². The van der Waals surface area contributed by atoms with E-state index in [0.29, 0.717) is 6.67 Å². The molecule has 2 aliphatic rings. The zero-order chi connectivity index (χ0) is 12.5. The van der Waals surface area contributed by atoms with E-state index in [-0.39, 0.29) is 6.03 Å². The van der Waals surface area contributed by atoms with Gasteiger partial charge < -0.3 is 9.80 Å². The van der Waals surface area contributed by atoms with E-state index in [2.05, 4.69) is 18.2 Å². The predicted octanol–water partition coefficient (Wildman–Crippen LogP) is 1.84. The van der Waals surface area contributed by atoms with E-state index in [1.165, 1.54) is 11.1 Å². The number of urea groups is 1. The summed E-state index contributed by atoms with van der Waals surface area (Å²) < 4.78 is 0. The monoisotopic (exact) mass is 243 g/mol. The van der Waals surface area contributed by atoms with E-state index < -0.39 is 0 Å². The molecule has 3 rings (SSSR count). The van der Waals surface area contributed by atoms with Crippen LogP contribution in [0, 0.1) is 0 Å². The Morgan fingerprint density at radius 2 is 1.94 bits per heavy atom. The Kier molecular flexibility index (Phi) is 2.70. The van der Waals surface area contributed by atoms with Crippen LogP contribution in [0.3, 0.4) is 0 Å². The summed E-state index contributed by atoms with van der Waals surface area (Å²) >= 11 is 0. The first-order valence-electron chi connectivity index (χ1n) is 6.25. The standard InChI is InChI=1S/C14H17N3O/c1-15-8-9-17(11-15)14(18)16-7-6-12-4-2-3-5-13(12)10-16/h2-5,8-9H,6-7,10-11H2,1H3. The van der Waals surface area contributed by atoms with Crippen molar-refractivity contribution in [3.63, 3.8) is 0 Å². The van der Waals surface area contributed by atoms with Crippen LogP contribution in [0.15, 0.2) is 36.7 Å². The van der Waals surface area contributed by atoms with Crippen LogP contribution in [0.4, 0.5) is 4.79 Å². The van der Waals surface area contributed by atoms with Crippen molar-refractivity contribution in [1.82, 2.24) is 14.7 Å². The third-order valence-electron chi connectivity index (χ3n) is 3.52. The second-order valence-corrected chi connectivity index (χ2v) is 4.89. The first-order chi connectivity index (χ1) is 8.74. The maximum atomic E-state index is 12.3. The maximum Gasteiger partial charge on any atom is 0.325 e. The van der Waals surface area contributed by atoms with E-state index in [1.54, 1.807) is 4.90 Å². The summed E-state index contributed by atoms with van der Waals surface area (Å²) in [7, 11) is 1.97. The van der Waals surface area contributed by atoms with Crippen LogP contribution in [0.5, 0.6) is 0 Å². The molecule has 1 aromatic rings. The molecule has 0 atom stereocenters. The molecule has 0 spiro atoms. The predicted molar refractivity (Wildman–Crippen MR) is 69.6 cm³/mol. The van der Waals surface area contributed by atoms with Gasteiger partial charge in [0.2, 0.25) is 0 Å². The van der Waals surface area contributed by atoms with Gasteiger partial charge in [0, 0.05) is 32.5 Å². The van der Waals surface area contributed by atoms with Gasteiger partial charge in [-0.1, -0.05) is 24.3 Å². The average molecular weight is 243 g/mol. The Balaban J connectivity index is 1.72. The van der Waals surface area contributed by atoms with Crippen LogP contribution >= 0.6 is 0 Å². The fraction of sp³-hybridized carbons (Fsp3) is 0.357. The maximum absolute atomic E-state index is 12.3. The zero-order valence-corrected chi connectivity index (χ0v) is 10.5. The lowest BCUT2D eigenvalue weighted by Crippen LogP contribution is -2.43. The summed E-state index contributed by atoms with van der Waals surface area (Å²) in [6.07, 6.45) is 4.73. The molecule has 0 fully saturated rings. The second-order valence-electron chi connectivity index (χ2n) is 4.89. The average Bonchev–Trinajstić information content (AvgIpc) is 2.84. The number of carbonyl (C=O) groups is 1. The molecule has 0 aliphatic carbocycles. The lowest BCUT2D eigenvalue weighted by atomic mass is 10.0. The highest BCUT2D eigenvalue weighted by atomic mass is 16.2. The van der Waals surface area contributed by atoms with E-state index in [9.17, 15) is 4.79 Å². The number of rotatable bonds is 0. The molecule has 0 unspecified atom stereocenters. The quantitative estimate of drug-likeness (QED) is 0.695. The summed E-state index contributed by atoms with van der Waals surface area (Å²) in [5, 5.41) is 0. The summed E-state index contributed by atoms with van der Waals surface area (Å²) in [5.41, 5.74) is 2.64. The van der Waals surface area contributed by atoms with Crippen LogP contribution in [0.2, 0.25) is 0 Å². The molecule has 1 aromatic carbocycles. The van der Waals surface area contributed by atoms with Gasteiger partial charge in [0.1, 0.15) is 0 Å². The molecule has 0 saturated carbocycles. The number of hydrogen-bond acceptors (Lipinski definition) is 2. The summed E-state index contributed by atoms with van der Waals surface area (Å²) in [6.45, 7) is 2.18. The Hall–Kier alpha value is -1.97. The SMILES string of the molecule is CN1C=CN(C(=O)N2CCc3ccccc3C2)C1. The molecule has 0 radical (unpaired) electrons. The van der Waals surface area contributed by atoms with Crippen LogP contribution in [0.25, 0.3) is 0 Å². The highest BCUT2D eigenvalue weighted by Gasteiger charge is 2.25. The Bertz CT molecular complexity index is 498. The van der Waals surface area contributed by atoms with Gasteiger partial charge in [0.25, 0.3) is 0 Å². The van der Waals surface area contributed by atoms with Gasteiger partial charge in [-0.25, -0.2) is 4.79 Å². The van der Waals surface area contributed by atoms with Crippen molar-refractivity contribution in [1.29, 1.82) is 0 Å². The molecule has 2 heterocycles. The fourth-order valence-electron chi connectivity index (χ4n) is 2.49. The van der Waals surface area contributed by atoms with Gasteiger partial charge in [-0.15, -0.1) is 0 Å². The van der Waals surface area contributed by atoms with Crippen LogP contribution in [0.1, 0.15) is 11.1 Å². The van der Waals surface area contributed by atoms with Crippen molar-refractivity contribution in [2.75, 3.05) is 20.3 Å². The molecule has 4 nitrogen and oxygen atoms in total. The van der Waals surface area contributed by atoms with Crippen molar-refractivity contribution in [2.45, 2.75) is 13.0 Å². The Labute approximate surface area is 107 Å². The van der Waals surface area contributed by atoms with Crippen molar-refractivity contribution in [3.8, 4) is 0 Å². The van der Waals surface area contributed by atoms with Gasteiger partial charge in [-0.05, 0) is 17.5 Å². The van der Waals surface area contributed by atoms with Gasteiger partial charge >= 0.3 is 6.03 Å². The second kappa shape index (κ2) is 4.37. The molecule has 4 heteroatoms. The van der Waals surface area contributed by atoms with Crippen molar-refractivity contribution in [2.24, 2.45) is 0 Å². The molecule has 0 saturated heterocycles. The minimum Gasteiger partial charge on any atom is -0.361 e. The first kappa shape index (κ1) is 11.1. The van der Waals surface area contributed by atoms with E-state index >= 15 is 0 Å². The molecular weight excluding hydrogens is 226 g/mol. The number of fused-ring (bicyclic) bond motifs is 1. The number of amides is 2.